The van der Waals surface area contributed by atoms with Gasteiger partial charge in [-0.25, -0.2) is 0 Å². The van der Waals surface area contributed by atoms with Crippen LogP contribution >= 0.6 is 34.0 Å². The number of hydrogen-bond donors (Lipinski definition) is 0. The number of thiophene rings is 3. The quantitative estimate of drug-likeness (QED) is 0.198. The van der Waals surface area contributed by atoms with Crippen LogP contribution in [0.5, 0.6) is 0 Å². The first-order valence-electron chi connectivity index (χ1n) is 11.3. The van der Waals surface area contributed by atoms with Crippen molar-refractivity contribution >= 4 is 91.5 Å². The normalized spacial score (nSPS) is 13.2. The van der Waals surface area contributed by atoms with Crippen molar-refractivity contribution in [2.24, 2.45) is 0 Å². The highest BCUT2D eigenvalue weighted by atomic mass is 32.1. The van der Waals surface area contributed by atoms with Crippen molar-refractivity contribution in [2.45, 2.75) is 26.2 Å². The number of rotatable bonds is 6. The summed E-state index contributed by atoms with van der Waals surface area (Å²) in [5.74, 6) is 0. The highest BCUT2D eigenvalue weighted by Crippen LogP contribution is 2.44. The van der Waals surface area contributed by atoms with Crippen molar-refractivity contribution in [1.82, 2.24) is 0 Å². The minimum absolute atomic E-state index is 1.37. The number of benzene rings is 2. The van der Waals surface area contributed by atoms with E-state index in [9.17, 15) is 0 Å². The fourth-order valence-corrected chi connectivity index (χ4v) is 11.8. The van der Waals surface area contributed by atoms with E-state index in [4.69, 9.17) is 0 Å². The largest absolute Gasteiger partial charge is 0.133 e. The number of fused-ring (bicyclic) bond motifs is 3. The van der Waals surface area contributed by atoms with Gasteiger partial charge in [-0.05, 0) is 12.1 Å². The second-order valence-electron chi connectivity index (χ2n) is 9.63. The lowest BCUT2D eigenvalue weighted by molar-refractivity contribution is 1.71. The fraction of sp³-hybridized carbons (Fsp3) is 0.143. The van der Waals surface area contributed by atoms with Gasteiger partial charge >= 0.3 is 0 Å². The van der Waals surface area contributed by atoms with E-state index in [2.05, 4.69) is 123 Å². The lowest BCUT2D eigenvalue weighted by Gasteiger charge is -2.17. The van der Waals surface area contributed by atoms with Crippen LogP contribution in [-0.4, -0.2) is 16.1 Å². The predicted molar refractivity (Wildman–Crippen MR) is 160 cm³/mol. The first-order valence-corrected chi connectivity index (χ1v) is 19.9. The van der Waals surface area contributed by atoms with Gasteiger partial charge in [0.2, 0.25) is 0 Å². The lowest BCUT2D eigenvalue weighted by Crippen LogP contribution is -2.39. The highest BCUT2D eigenvalue weighted by Gasteiger charge is 2.21. The summed E-state index contributed by atoms with van der Waals surface area (Å²) in [6, 6.07) is 26.7. The Morgan fingerprint density at radius 2 is 0.939 bits per heavy atom. The minimum atomic E-state index is -1.57. The molecule has 0 amide bonds. The van der Waals surface area contributed by atoms with E-state index in [0.717, 1.165) is 0 Å². The van der Waals surface area contributed by atoms with Gasteiger partial charge in [0, 0.05) is 19.2 Å². The molecule has 0 radical (unpaired) electrons. The summed E-state index contributed by atoms with van der Waals surface area (Å²) in [6.45, 7) is 9.69. The van der Waals surface area contributed by atoms with E-state index in [1.807, 2.05) is 34.0 Å². The van der Waals surface area contributed by atoms with Crippen LogP contribution in [0.15, 0.2) is 84.2 Å². The second kappa shape index (κ2) is 8.97. The standard InChI is InChI=1S/C28H28S3Si2/c1-32(2,23-11-7-5-8-12-23)17-15-21-19-25-27(29-21)28-26(31-25)20-22(30-28)16-18-33(3,4)24-13-9-6-10-14-24/h5-20H,1-4H3. The van der Waals surface area contributed by atoms with Crippen LogP contribution in [0.3, 0.4) is 0 Å². The van der Waals surface area contributed by atoms with Crippen LogP contribution < -0.4 is 10.4 Å². The molecule has 0 unspecified atom stereocenters. The molecular weight excluding hydrogens is 489 g/mol. The smallest absolute Gasteiger partial charge is 0.104 e. The average molecular weight is 517 g/mol. The molecule has 3 heterocycles. The molecule has 166 valence electrons. The summed E-state index contributed by atoms with van der Waals surface area (Å²) in [6.07, 6.45) is 4.73. The van der Waals surface area contributed by atoms with E-state index >= 15 is 0 Å². The molecule has 0 nitrogen and oxygen atoms in total. The molecule has 0 atom stereocenters. The Labute approximate surface area is 210 Å². The second-order valence-corrected chi connectivity index (χ2v) is 21.6. The highest BCUT2D eigenvalue weighted by molar-refractivity contribution is 7.38. The van der Waals surface area contributed by atoms with Crippen molar-refractivity contribution in [2.75, 3.05) is 0 Å². The zero-order valence-electron chi connectivity index (χ0n) is 19.5. The summed E-state index contributed by atoms with van der Waals surface area (Å²) in [4.78, 5) is 2.75. The van der Waals surface area contributed by atoms with Crippen molar-refractivity contribution in [3.63, 3.8) is 0 Å². The fourth-order valence-electron chi connectivity index (χ4n) is 4.04. The van der Waals surface area contributed by atoms with Crippen molar-refractivity contribution in [1.29, 1.82) is 0 Å². The third-order valence-electron chi connectivity index (χ3n) is 6.22. The Kier molecular flexibility index (Phi) is 6.18. The average Bonchev–Trinajstić information content (AvgIpc) is 3.48. The van der Waals surface area contributed by atoms with Gasteiger partial charge in [0.05, 0.1) is 9.40 Å². The Morgan fingerprint density at radius 3 is 1.33 bits per heavy atom. The van der Waals surface area contributed by atoms with Crippen molar-refractivity contribution in [3.8, 4) is 0 Å². The van der Waals surface area contributed by atoms with E-state index in [1.165, 1.54) is 38.9 Å². The Morgan fingerprint density at radius 1 is 0.545 bits per heavy atom. The van der Waals surface area contributed by atoms with Crippen molar-refractivity contribution in [3.05, 3.63) is 93.9 Å². The molecule has 0 aliphatic heterocycles. The molecule has 2 aromatic carbocycles. The Hall–Kier alpha value is -2.03. The zero-order valence-corrected chi connectivity index (χ0v) is 23.9. The molecule has 0 aliphatic rings. The van der Waals surface area contributed by atoms with E-state index in [-0.39, 0.29) is 0 Å². The van der Waals surface area contributed by atoms with Crippen LogP contribution in [0, 0.1) is 0 Å². The molecule has 0 saturated heterocycles. The van der Waals surface area contributed by atoms with Gasteiger partial charge in [0.15, 0.2) is 0 Å². The molecule has 0 N–H and O–H groups in total. The monoisotopic (exact) mass is 516 g/mol. The zero-order chi connectivity index (χ0) is 23.1. The maximum atomic E-state index is 2.48. The first kappa shape index (κ1) is 22.8. The summed E-state index contributed by atoms with van der Waals surface area (Å²) in [7, 11) is -3.14. The van der Waals surface area contributed by atoms with E-state index < -0.39 is 16.1 Å². The number of hydrogen-bond acceptors (Lipinski definition) is 3. The maximum absolute atomic E-state index is 2.48. The summed E-state index contributed by atoms with van der Waals surface area (Å²) < 4.78 is 5.76. The van der Waals surface area contributed by atoms with Crippen LogP contribution in [0.4, 0.5) is 0 Å². The van der Waals surface area contributed by atoms with Crippen LogP contribution in [0.25, 0.3) is 31.0 Å². The molecule has 0 saturated carbocycles. The Bertz CT molecular complexity index is 1340. The van der Waals surface area contributed by atoms with Gasteiger partial charge in [-0.1, -0.05) is 121 Å². The topological polar surface area (TPSA) is 0 Å². The van der Waals surface area contributed by atoms with Crippen molar-refractivity contribution < 1.29 is 0 Å². The molecule has 5 heteroatoms. The molecule has 5 aromatic rings. The van der Waals surface area contributed by atoms with Gasteiger partial charge in [-0.2, -0.15) is 0 Å². The molecule has 0 spiro atoms. The summed E-state index contributed by atoms with van der Waals surface area (Å²) >= 11 is 5.83. The molecule has 5 rings (SSSR count). The first-order chi connectivity index (χ1) is 15.8. The minimum Gasteiger partial charge on any atom is -0.133 e. The maximum Gasteiger partial charge on any atom is 0.104 e. The molecule has 0 bridgehead atoms. The van der Waals surface area contributed by atoms with Gasteiger partial charge in [0.25, 0.3) is 0 Å². The van der Waals surface area contributed by atoms with Gasteiger partial charge in [-0.15, -0.1) is 34.0 Å². The van der Waals surface area contributed by atoms with Crippen LogP contribution in [0.1, 0.15) is 9.75 Å². The van der Waals surface area contributed by atoms with E-state index in [1.54, 1.807) is 0 Å². The third kappa shape index (κ3) is 4.79. The summed E-state index contributed by atoms with van der Waals surface area (Å²) in [5, 5.41) is 2.97. The van der Waals surface area contributed by atoms with Crippen LogP contribution in [0.2, 0.25) is 26.2 Å². The van der Waals surface area contributed by atoms with Gasteiger partial charge < -0.3 is 0 Å². The van der Waals surface area contributed by atoms with Gasteiger partial charge in [0.1, 0.15) is 16.1 Å². The summed E-state index contributed by atoms with van der Waals surface area (Å²) in [5.41, 5.74) is 4.96. The predicted octanol–water partition coefficient (Wildman–Crippen LogP) is 8.51. The van der Waals surface area contributed by atoms with Crippen LogP contribution in [-0.2, 0) is 0 Å². The third-order valence-corrected chi connectivity index (χ3v) is 15.6. The SMILES string of the molecule is C[Si](C)(C=Cc1cc2sc3cc(C=C[Si](C)(C)c4ccccc4)sc3c2s1)c1ccccc1. The van der Waals surface area contributed by atoms with E-state index in [0.29, 0.717) is 0 Å². The lowest BCUT2D eigenvalue weighted by atomic mass is 10.4. The molecule has 0 fully saturated rings. The molecule has 3 aromatic heterocycles. The molecule has 0 aliphatic carbocycles. The van der Waals surface area contributed by atoms with Gasteiger partial charge in [-0.3, -0.25) is 0 Å². The molecular formula is C28H28S3Si2. The molecule has 33 heavy (non-hydrogen) atoms. The Balaban J connectivity index is 1.40.